The van der Waals surface area contributed by atoms with Crippen molar-refractivity contribution in [3.8, 4) is 0 Å². The Hall–Kier alpha value is -0.790. The monoisotopic (exact) mass is 202 g/mol. The van der Waals surface area contributed by atoms with Crippen LogP contribution in [0.2, 0.25) is 0 Å². The van der Waals surface area contributed by atoms with Crippen LogP contribution in [-0.2, 0) is 19.4 Å². The standard InChI is InChI=1S/C3H3ClO6S/c4-1-2(3(5)6)10-11(7,8)9/h1H,(H,5,6)(H,7,8,9). The molecule has 0 aromatic heterocycles. The first kappa shape index (κ1) is 10.2. The summed E-state index contributed by atoms with van der Waals surface area (Å²) in [4.78, 5) is 9.95. The first-order valence-electron chi connectivity index (χ1n) is 2.07. The minimum absolute atomic E-state index is 0.371. The van der Waals surface area contributed by atoms with Gasteiger partial charge in [0.1, 0.15) is 0 Å². The molecule has 0 saturated carbocycles. The number of carboxylic acid groups (broad SMARTS) is 1. The predicted molar refractivity (Wildman–Crippen MR) is 34.2 cm³/mol. The zero-order valence-corrected chi connectivity index (χ0v) is 6.46. The van der Waals surface area contributed by atoms with Crippen molar-refractivity contribution in [1.82, 2.24) is 0 Å². The quantitative estimate of drug-likeness (QED) is 0.379. The first-order chi connectivity index (χ1) is 4.87. The van der Waals surface area contributed by atoms with Crippen LogP contribution in [0.3, 0.4) is 0 Å². The average Bonchev–Trinajstić information content (AvgIpc) is 1.80. The summed E-state index contributed by atoms with van der Waals surface area (Å²) in [7, 11) is -4.81. The summed E-state index contributed by atoms with van der Waals surface area (Å²) < 4.78 is 31.2. The van der Waals surface area contributed by atoms with Crippen molar-refractivity contribution in [2.45, 2.75) is 0 Å². The molecule has 0 aliphatic rings. The summed E-state index contributed by atoms with van der Waals surface area (Å²) in [6.07, 6.45) is 0. The summed E-state index contributed by atoms with van der Waals surface area (Å²) in [5.74, 6) is -2.77. The van der Waals surface area contributed by atoms with E-state index in [4.69, 9.17) is 21.3 Å². The Morgan fingerprint density at radius 2 is 2.00 bits per heavy atom. The summed E-state index contributed by atoms with van der Waals surface area (Å²) in [5, 5.41) is 8.08. The maximum atomic E-state index is 9.95. The maximum absolute atomic E-state index is 9.95. The summed E-state index contributed by atoms with van der Waals surface area (Å²) in [6, 6.07) is 0. The smallest absolute Gasteiger partial charge is 0.446 e. The van der Waals surface area contributed by atoms with Crippen LogP contribution in [-0.4, -0.2) is 24.0 Å². The molecular weight excluding hydrogens is 200 g/mol. The molecule has 0 aromatic rings. The van der Waals surface area contributed by atoms with Gasteiger partial charge in [-0.2, -0.15) is 8.42 Å². The van der Waals surface area contributed by atoms with E-state index in [-0.39, 0.29) is 0 Å². The SMILES string of the molecule is O=C(O)C(=CCl)OS(=O)(=O)O. The number of carbonyl (C=O) groups is 1. The molecule has 0 fully saturated rings. The molecule has 0 amide bonds. The highest BCUT2D eigenvalue weighted by molar-refractivity contribution is 7.81. The average molecular weight is 203 g/mol. The highest BCUT2D eigenvalue weighted by Crippen LogP contribution is 2.03. The predicted octanol–water partition coefficient (Wildman–Crippen LogP) is -0.0294. The molecule has 0 unspecified atom stereocenters. The second kappa shape index (κ2) is 3.56. The number of hydrogen-bond donors (Lipinski definition) is 2. The van der Waals surface area contributed by atoms with Crippen molar-refractivity contribution in [3.05, 3.63) is 11.3 Å². The molecule has 0 bridgehead atoms. The van der Waals surface area contributed by atoms with E-state index in [2.05, 4.69) is 4.18 Å². The van der Waals surface area contributed by atoms with Crippen LogP contribution in [0.15, 0.2) is 11.3 Å². The van der Waals surface area contributed by atoms with Gasteiger partial charge in [-0.3, -0.25) is 4.55 Å². The van der Waals surface area contributed by atoms with E-state index in [1.54, 1.807) is 0 Å². The third-order valence-electron chi connectivity index (χ3n) is 0.505. The largest absolute Gasteiger partial charge is 0.475 e. The third kappa shape index (κ3) is 4.59. The second-order valence-corrected chi connectivity index (χ2v) is 2.53. The number of halogens is 1. The Labute approximate surface area is 67.0 Å². The minimum atomic E-state index is -4.81. The van der Waals surface area contributed by atoms with E-state index < -0.39 is 22.1 Å². The summed E-state index contributed by atoms with van der Waals surface area (Å²) in [5.41, 5.74) is 0.371. The van der Waals surface area contributed by atoms with Gasteiger partial charge in [-0.05, 0) is 0 Å². The molecule has 0 atom stereocenters. The molecule has 0 saturated heterocycles. The second-order valence-electron chi connectivity index (χ2n) is 1.29. The molecule has 8 heteroatoms. The molecule has 0 rings (SSSR count). The lowest BCUT2D eigenvalue weighted by Crippen LogP contribution is -2.10. The summed E-state index contributed by atoms with van der Waals surface area (Å²) in [6.45, 7) is 0. The van der Waals surface area contributed by atoms with E-state index in [0.29, 0.717) is 5.54 Å². The number of rotatable bonds is 3. The van der Waals surface area contributed by atoms with Crippen LogP contribution < -0.4 is 0 Å². The van der Waals surface area contributed by atoms with Crippen molar-refractivity contribution < 1.29 is 27.1 Å². The zero-order valence-electron chi connectivity index (χ0n) is 4.89. The fraction of sp³-hybridized carbons (Fsp3) is 0. The molecule has 6 nitrogen and oxygen atoms in total. The van der Waals surface area contributed by atoms with Crippen LogP contribution in [0, 0.1) is 0 Å². The highest BCUT2D eigenvalue weighted by atomic mass is 35.5. The lowest BCUT2D eigenvalue weighted by atomic mass is 10.6. The fourth-order valence-corrected chi connectivity index (χ4v) is 0.751. The number of carboxylic acids is 1. The van der Waals surface area contributed by atoms with E-state index in [1.807, 2.05) is 0 Å². The van der Waals surface area contributed by atoms with Gasteiger partial charge in [0.05, 0.1) is 5.54 Å². The lowest BCUT2D eigenvalue weighted by Gasteiger charge is -1.98. The Morgan fingerprint density at radius 3 is 2.09 bits per heavy atom. The highest BCUT2D eigenvalue weighted by Gasteiger charge is 2.15. The zero-order chi connectivity index (χ0) is 9.07. The fourth-order valence-electron chi connectivity index (χ4n) is 0.214. The van der Waals surface area contributed by atoms with Gasteiger partial charge in [0.2, 0.25) is 5.76 Å². The Morgan fingerprint density at radius 1 is 1.55 bits per heavy atom. The molecule has 0 aromatic carbocycles. The van der Waals surface area contributed by atoms with E-state index >= 15 is 0 Å². The molecule has 0 aliphatic heterocycles. The number of aliphatic carboxylic acids is 1. The van der Waals surface area contributed by atoms with Crippen LogP contribution >= 0.6 is 11.6 Å². The minimum Gasteiger partial charge on any atom is -0.475 e. The Kier molecular flexibility index (Phi) is 3.30. The van der Waals surface area contributed by atoms with Crippen LogP contribution in [0.5, 0.6) is 0 Å². The van der Waals surface area contributed by atoms with E-state index in [1.165, 1.54) is 0 Å². The van der Waals surface area contributed by atoms with Crippen molar-refractivity contribution in [2.24, 2.45) is 0 Å². The Balaban J connectivity index is 4.50. The number of hydrogen-bond acceptors (Lipinski definition) is 4. The van der Waals surface area contributed by atoms with Gasteiger partial charge in [-0.15, -0.1) is 0 Å². The van der Waals surface area contributed by atoms with Gasteiger partial charge in [0, 0.05) is 0 Å². The lowest BCUT2D eigenvalue weighted by molar-refractivity contribution is -0.135. The van der Waals surface area contributed by atoms with Crippen molar-refractivity contribution in [1.29, 1.82) is 0 Å². The van der Waals surface area contributed by atoms with Crippen molar-refractivity contribution in [2.75, 3.05) is 0 Å². The summed E-state index contributed by atoms with van der Waals surface area (Å²) >= 11 is 4.83. The van der Waals surface area contributed by atoms with Gasteiger partial charge in [0.25, 0.3) is 0 Å². The molecule has 0 radical (unpaired) electrons. The molecule has 2 N–H and O–H groups in total. The third-order valence-corrected chi connectivity index (χ3v) is 1.09. The van der Waals surface area contributed by atoms with Crippen LogP contribution in [0.4, 0.5) is 0 Å². The van der Waals surface area contributed by atoms with Gasteiger partial charge in [-0.1, -0.05) is 11.6 Å². The van der Waals surface area contributed by atoms with Crippen LogP contribution in [0.1, 0.15) is 0 Å². The van der Waals surface area contributed by atoms with Gasteiger partial charge in [0.15, 0.2) is 0 Å². The van der Waals surface area contributed by atoms with Gasteiger partial charge in [-0.25, -0.2) is 4.79 Å². The van der Waals surface area contributed by atoms with Gasteiger partial charge >= 0.3 is 16.4 Å². The van der Waals surface area contributed by atoms with E-state index in [0.717, 1.165) is 0 Å². The van der Waals surface area contributed by atoms with Crippen molar-refractivity contribution >= 4 is 28.0 Å². The van der Waals surface area contributed by atoms with Gasteiger partial charge < -0.3 is 9.29 Å². The maximum Gasteiger partial charge on any atom is 0.446 e. The molecule has 64 valence electrons. The normalized spacial score (nSPS) is 12.7. The van der Waals surface area contributed by atoms with Crippen molar-refractivity contribution in [3.63, 3.8) is 0 Å². The molecular formula is C3H3ClO6S. The molecule has 0 heterocycles. The molecule has 11 heavy (non-hydrogen) atoms. The topological polar surface area (TPSA) is 101 Å². The first-order valence-corrected chi connectivity index (χ1v) is 3.87. The van der Waals surface area contributed by atoms with Crippen LogP contribution in [0.25, 0.3) is 0 Å². The molecule has 0 aliphatic carbocycles. The Bertz CT molecular complexity index is 276. The molecule has 0 spiro atoms. The van der Waals surface area contributed by atoms with E-state index in [9.17, 15) is 13.2 Å².